The minimum atomic E-state index is -3.13. The third-order valence-electron chi connectivity index (χ3n) is 1.71. The van der Waals surface area contributed by atoms with Gasteiger partial charge in [0.05, 0.1) is 0 Å². The predicted octanol–water partition coefficient (Wildman–Crippen LogP) is 2.87. The van der Waals surface area contributed by atoms with E-state index in [0.717, 1.165) is 0 Å². The number of hydrogen-bond donors (Lipinski definition) is 2. The molecule has 0 aromatic heterocycles. The molecule has 0 aliphatic heterocycles. The van der Waals surface area contributed by atoms with Gasteiger partial charge in [0.25, 0.3) is 0 Å². The number of hydrogen-bond acceptors (Lipinski definition) is 1. The Morgan fingerprint density at radius 1 is 1.08 bits per heavy atom. The molecule has 0 fully saturated rings. The summed E-state index contributed by atoms with van der Waals surface area (Å²) in [5, 5.41) is 3.28. The fraction of sp³-hybridized carbons (Fsp3) is 1.00. The molecule has 0 rings (SSSR count). The zero-order valence-electron chi connectivity index (χ0n) is 8.75. The zero-order valence-corrected chi connectivity index (χ0v) is 12.7. The van der Waals surface area contributed by atoms with Gasteiger partial charge in [0, 0.05) is 0 Å². The molecule has 0 radical (unpaired) electrons. The maximum Gasteiger partial charge on any atom is 0.314 e. The van der Waals surface area contributed by atoms with Crippen molar-refractivity contribution in [2.24, 2.45) is 0 Å². The normalized spacial score (nSPS) is 9.00. The molecule has 0 atom stereocenters. The van der Waals surface area contributed by atoms with Gasteiger partial charge in [-0.15, -0.1) is 0 Å². The van der Waals surface area contributed by atoms with Crippen LogP contribution in [0.5, 0.6) is 0 Å². The largest absolute Gasteiger partial charge is 0.326 e. The van der Waals surface area contributed by atoms with Crippen molar-refractivity contribution in [1.82, 2.24) is 0 Å². The Balaban J connectivity index is 0. The van der Waals surface area contributed by atoms with E-state index in [1.54, 1.807) is 10.0 Å². The molecule has 0 saturated carbocycles. The third kappa shape index (κ3) is 32.3. The minimum Gasteiger partial charge on any atom is -0.326 e. The molecule has 5 heteroatoms. The predicted molar refractivity (Wildman–Crippen MR) is 52.9 cm³/mol. The Bertz CT molecular complexity index is 102. The van der Waals surface area contributed by atoms with Crippen molar-refractivity contribution in [3.63, 3.8) is 0 Å². The molecule has 0 aromatic rings. The summed E-state index contributed by atoms with van der Waals surface area (Å²) in [5.74, 6) is 0. The van der Waals surface area contributed by atoms with Crippen molar-refractivity contribution in [2.45, 2.75) is 49.6 Å². The van der Waals surface area contributed by atoms with Crippen LogP contribution in [0.1, 0.15) is 39.5 Å². The van der Waals surface area contributed by atoms with Gasteiger partial charge in [-0.1, -0.05) is 0 Å². The van der Waals surface area contributed by atoms with Crippen molar-refractivity contribution in [3.05, 3.63) is 0 Å². The standard InChI is InChI=1S/2C4H9.H3O3P.Zn/c2*1-3-4-2;1-4(2)3;/h2*1,3-4H2,2H3;4H,(H2,1,2,3);. The van der Waals surface area contributed by atoms with Crippen molar-refractivity contribution < 1.29 is 31.5 Å². The second-order valence-corrected chi connectivity index (χ2v) is 8.07. The number of unbranched alkanes of at least 4 members (excludes halogenated alkanes) is 2. The van der Waals surface area contributed by atoms with Gasteiger partial charge in [-0.2, -0.15) is 0 Å². The van der Waals surface area contributed by atoms with Crippen LogP contribution in [0.25, 0.3) is 0 Å². The van der Waals surface area contributed by atoms with E-state index in [-0.39, 0.29) is 17.1 Å². The smallest absolute Gasteiger partial charge is 0.314 e. The quantitative estimate of drug-likeness (QED) is 0.439. The topological polar surface area (TPSA) is 57.5 Å². The van der Waals surface area contributed by atoms with Gasteiger partial charge in [0.1, 0.15) is 0 Å². The summed E-state index contributed by atoms with van der Waals surface area (Å²) in [4.78, 5) is 14.3. The van der Waals surface area contributed by atoms with Crippen LogP contribution in [-0.4, -0.2) is 9.79 Å². The van der Waals surface area contributed by atoms with Crippen LogP contribution in [0.15, 0.2) is 0 Å². The monoisotopic (exact) mass is 260 g/mol. The first-order valence-corrected chi connectivity index (χ1v) is 10.6. The van der Waals surface area contributed by atoms with E-state index in [2.05, 4.69) is 13.8 Å². The van der Waals surface area contributed by atoms with Crippen molar-refractivity contribution in [2.75, 3.05) is 0 Å². The van der Waals surface area contributed by atoms with Gasteiger partial charge in [0.2, 0.25) is 0 Å². The van der Waals surface area contributed by atoms with Crippen LogP contribution in [0.4, 0.5) is 0 Å². The fourth-order valence-electron chi connectivity index (χ4n) is 1.03. The molecule has 0 unspecified atom stereocenters. The zero-order chi connectivity index (χ0) is 10.5. The molecule has 3 nitrogen and oxygen atoms in total. The first kappa shape index (κ1) is 16.2. The molecule has 0 spiro atoms. The molecule has 78 valence electrons. The summed E-state index contributed by atoms with van der Waals surface area (Å²) in [6.07, 6.45) is 5.86. The van der Waals surface area contributed by atoms with Crippen LogP contribution in [0.2, 0.25) is 10.0 Å². The molecular weight excluding hydrogens is 240 g/mol. The van der Waals surface area contributed by atoms with Crippen LogP contribution in [0.3, 0.4) is 0 Å². The molecule has 0 aliphatic rings. The summed E-state index contributed by atoms with van der Waals surface area (Å²) in [5.41, 5.74) is 0. The van der Waals surface area contributed by atoms with Crippen molar-refractivity contribution in [1.29, 1.82) is 0 Å². The SMILES string of the molecule is CCC[CH2][Zn][CH2]CCC.O=[PH](O)O. The van der Waals surface area contributed by atoms with Crippen molar-refractivity contribution >= 4 is 8.25 Å². The van der Waals surface area contributed by atoms with Crippen LogP contribution in [0, 0.1) is 0 Å². The molecule has 0 amide bonds. The average Bonchev–Trinajstić information content (AvgIpc) is 2.03. The van der Waals surface area contributed by atoms with Gasteiger partial charge in [0.15, 0.2) is 0 Å². The van der Waals surface area contributed by atoms with Gasteiger partial charge in [-0.05, 0) is 0 Å². The second-order valence-electron chi connectivity index (χ2n) is 3.05. The third-order valence-corrected chi connectivity index (χ3v) is 5.90. The first-order valence-electron chi connectivity index (χ1n) is 5.07. The van der Waals surface area contributed by atoms with Crippen molar-refractivity contribution in [3.8, 4) is 0 Å². The molecule has 0 saturated heterocycles. The second kappa shape index (κ2) is 15.3. The van der Waals surface area contributed by atoms with E-state index in [4.69, 9.17) is 14.4 Å². The molecule has 0 aromatic carbocycles. The first-order chi connectivity index (χ1) is 6.15. The van der Waals surface area contributed by atoms with Gasteiger partial charge >= 0.3 is 74.9 Å². The Labute approximate surface area is 89.5 Å². The van der Waals surface area contributed by atoms with E-state index in [9.17, 15) is 0 Å². The molecule has 13 heavy (non-hydrogen) atoms. The van der Waals surface area contributed by atoms with Gasteiger partial charge in [-0.3, -0.25) is 4.57 Å². The molecule has 0 aliphatic carbocycles. The number of rotatable bonds is 6. The van der Waals surface area contributed by atoms with E-state index < -0.39 is 8.25 Å². The molecule has 0 bridgehead atoms. The molecule has 0 heterocycles. The van der Waals surface area contributed by atoms with Gasteiger partial charge in [-0.25, -0.2) is 0 Å². The Morgan fingerprint density at radius 2 is 1.38 bits per heavy atom. The summed E-state index contributed by atoms with van der Waals surface area (Å²) < 4.78 is 8.74. The van der Waals surface area contributed by atoms with Crippen LogP contribution < -0.4 is 0 Å². The maximum atomic E-state index is 8.74. The minimum absolute atomic E-state index is 0.0146. The molecule has 2 N–H and O–H groups in total. The van der Waals surface area contributed by atoms with E-state index in [0.29, 0.717) is 0 Å². The van der Waals surface area contributed by atoms with E-state index >= 15 is 0 Å². The molecular formula is C8H21O3PZn. The average molecular weight is 262 g/mol. The fourth-order valence-corrected chi connectivity index (χ4v) is 5.35. The van der Waals surface area contributed by atoms with Gasteiger partial charge < -0.3 is 9.79 Å². The maximum absolute atomic E-state index is 8.74. The van der Waals surface area contributed by atoms with E-state index in [1.165, 1.54) is 25.7 Å². The summed E-state index contributed by atoms with van der Waals surface area (Å²) in [7, 11) is -3.13. The van der Waals surface area contributed by atoms with E-state index in [1.807, 2.05) is 0 Å². The van der Waals surface area contributed by atoms with Crippen LogP contribution in [-0.2, 0) is 21.7 Å². The summed E-state index contributed by atoms with van der Waals surface area (Å²) in [6.45, 7) is 4.59. The van der Waals surface area contributed by atoms with Crippen LogP contribution >= 0.6 is 8.25 Å². The summed E-state index contributed by atoms with van der Waals surface area (Å²) >= 11 is 0.0146. The Kier molecular flexibility index (Phi) is 19.0. The Morgan fingerprint density at radius 3 is 1.62 bits per heavy atom. The summed E-state index contributed by atoms with van der Waals surface area (Å²) in [6, 6.07) is 0. The Hall–Kier alpha value is 0.773.